The monoisotopic (exact) mass is 385 g/mol. The number of pyridine rings is 2. The van der Waals surface area contributed by atoms with E-state index in [1.807, 2.05) is 72.4 Å². The van der Waals surface area contributed by atoms with Gasteiger partial charge in [-0.3, -0.25) is 9.67 Å². The van der Waals surface area contributed by atoms with Crippen molar-refractivity contribution in [2.24, 2.45) is 7.05 Å². The van der Waals surface area contributed by atoms with Crippen molar-refractivity contribution in [1.82, 2.24) is 34.2 Å². The number of hydrogen-bond acceptors (Lipinski definition) is 5. The van der Waals surface area contributed by atoms with Crippen LogP contribution in [0, 0.1) is 6.92 Å². The Labute approximate surface area is 167 Å². The van der Waals surface area contributed by atoms with Gasteiger partial charge in [0.2, 0.25) is 0 Å². The summed E-state index contributed by atoms with van der Waals surface area (Å²) in [6.45, 7) is 2.04. The van der Waals surface area contributed by atoms with Crippen LogP contribution in [-0.2, 0) is 7.05 Å². The maximum atomic E-state index is 5.72. The second-order valence-corrected chi connectivity index (χ2v) is 6.82. The van der Waals surface area contributed by atoms with Gasteiger partial charge in [-0.2, -0.15) is 15.3 Å². The number of hydrogen-bond donors (Lipinski definition) is 0. The highest BCUT2D eigenvalue weighted by molar-refractivity contribution is 5.87. The Kier molecular flexibility index (Phi) is 3.90. The van der Waals surface area contributed by atoms with Crippen LogP contribution in [0.25, 0.3) is 33.5 Å². The lowest BCUT2D eigenvalue weighted by atomic mass is 10.1. The molecule has 0 amide bonds. The Balaban J connectivity index is 1.66. The van der Waals surface area contributed by atoms with Crippen LogP contribution in [-0.4, -0.2) is 41.3 Å². The van der Waals surface area contributed by atoms with E-state index in [2.05, 4.69) is 20.3 Å². The van der Waals surface area contributed by atoms with Gasteiger partial charge in [-0.15, -0.1) is 0 Å². The highest BCUT2D eigenvalue weighted by atomic mass is 16.5. The van der Waals surface area contributed by atoms with Crippen LogP contribution in [0.1, 0.15) is 5.69 Å². The molecule has 8 heteroatoms. The zero-order chi connectivity index (χ0) is 20.0. The second kappa shape index (κ2) is 6.59. The zero-order valence-corrected chi connectivity index (χ0v) is 16.3. The summed E-state index contributed by atoms with van der Waals surface area (Å²) in [4.78, 5) is 4.19. The van der Waals surface area contributed by atoms with Crippen molar-refractivity contribution in [2.45, 2.75) is 6.92 Å². The van der Waals surface area contributed by atoms with E-state index in [-0.39, 0.29) is 0 Å². The van der Waals surface area contributed by atoms with Gasteiger partial charge < -0.3 is 4.74 Å². The summed E-state index contributed by atoms with van der Waals surface area (Å²) >= 11 is 0. The quantitative estimate of drug-likeness (QED) is 0.474. The Morgan fingerprint density at radius 2 is 1.79 bits per heavy atom. The van der Waals surface area contributed by atoms with E-state index in [4.69, 9.17) is 4.74 Å². The molecule has 5 rings (SSSR count). The number of fused-ring (bicyclic) bond motifs is 1. The first-order valence-electron chi connectivity index (χ1n) is 9.15. The highest BCUT2D eigenvalue weighted by Gasteiger charge is 2.18. The molecule has 0 unspecified atom stereocenters. The van der Waals surface area contributed by atoms with Crippen molar-refractivity contribution in [1.29, 1.82) is 0 Å². The predicted molar refractivity (Wildman–Crippen MR) is 109 cm³/mol. The maximum Gasteiger partial charge on any atom is 0.145 e. The van der Waals surface area contributed by atoms with E-state index in [0.29, 0.717) is 0 Å². The minimum atomic E-state index is 0.743. The lowest BCUT2D eigenvalue weighted by molar-refractivity contribution is 0.418. The molecule has 5 aromatic rings. The molecule has 0 aliphatic carbocycles. The molecule has 5 aromatic heterocycles. The molecular weight excluding hydrogens is 366 g/mol. The lowest BCUT2D eigenvalue weighted by Gasteiger charge is -2.08. The van der Waals surface area contributed by atoms with Gasteiger partial charge in [0.05, 0.1) is 37.6 Å². The third kappa shape index (κ3) is 2.77. The van der Waals surface area contributed by atoms with Gasteiger partial charge in [-0.05, 0) is 25.1 Å². The first kappa shape index (κ1) is 17.2. The van der Waals surface area contributed by atoms with Crippen molar-refractivity contribution in [3.63, 3.8) is 0 Å². The Hall–Kier alpha value is -3.94. The summed E-state index contributed by atoms with van der Waals surface area (Å²) in [5, 5.41) is 13.4. The molecule has 0 radical (unpaired) electrons. The van der Waals surface area contributed by atoms with Gasteiger partial charge in [0.1, 0.15) is 11.3 Å². The summed E-state index contributed by atoms with van der Waals surface area (Å²) in [5.74, 6) is 0.743. The van der Waals surface area contributed by atoms with Crippen molar-refractivity contribution < 1.29 is 4.74 Å². The molecule has 29 heavy (non-hydrogen) atoms. The van der Waals surface area contributed by atoms with Crippen LogP contribution in [0.5, 0.6) is 5.75 Å². The standard InChI is InChI=1S/C21H19N7O/c1-14-18(10-25-28(14)17-5-4-6-22-9-17)19-11-24-27-13-15(7-20(29-3)21(19)27)16-8-23-26(2)12-16/h4-13H,1-3H3. The average Bonchev–Trinajstić information content (AvgIpc) is 3.46. The first-order chi connectivity index (χ1) is 14.2. The third-order valence-electron chi connectivity index (χ3n) is 5.03. The van der Waals surface area contributed by atoms with Crippen molar-refractivity contribution in [3.8, 4) is 33.7 Å². The summed E-state index contributed by atoms with van der Waals surface area (Å²) in [6.07, 6.45) is 13.0. The molecule has 0 aliphatic rings. The number of aryl methyl sites for hydroxylation is 1. The fourth-order valence-corrected chi connectivity index (χ4v) is 3.58. The molecule has 0 aromatic carbocycles. The second-order valence-electron chi connectivity index (χ2n) is 6.82. The van der Waals surface area contributed by atoms with Crippen LogP contribution >= 0.6 is 0 Å². The Morgan fingerprint density at radius 3 is 2.52 bits per heavy atom. The van der Waals surface area contributed by atoms with E-state index in [0.717, 1.165) is 44.9 Å². The van der Waals surface area contributed by atoms with Crippen molar-refractivity contribution in [2.75, 3.05) is 7.11 Å². The fraction of sp³-hybridized carbons (Fsp3) is 0.143. The number of methoxy groups -OCH3 is 1. The van der Waals surface area contributed by atoms with Crippen LogP contribution < -0.4 is 4.74 Å². The van der Waals surface area contributed by atoms with Crippen LogP contribution in [0.4, 0.5) is 0 Å². The maximum absolute atomic E-state index is 5.72. The van der Waals surface area contributed by atoms with E-state index >= 15 is 0 Å². The molecular formula is C21H19N7O. The molecule has 0 spiro atoms. The molecule has 144 valence electrons. The zero-order valence-electron chi connectivity index (χ0n) is 16.3. The molecule has 0 bridgehead atoms. The van der Waals surface area contributed by atoms with E-state index in [1.165, 1.54) is 0 Å². The molecule has 5 heterocycles. The molecule has 0 fully saturated rings. The number of ether oxygens (including phenoxy) is 1. The predicted octanol–water partition coefficient (Wildman–Crippen LogP) is 3.30. The van der Waals surface area contributed by atoms with Crippen LogP contribution in [0.2, 0.25) is 0 Å². The minimum absolute atomic E-state index is 0.743. The summed E-state index contributed by atoms with van der Waals surface area (Å²) < 4.78 is 11.2. The smallest absolute Gasteiger partial charge is 0.145 e. The fourth-order valence-electron chi connectivity index (χ4n) is 3.58. The van der Waals surface area contributed by atoms with Crippen LogP contribution in [0.3, 0.4) is 0 Å². The summed E-state index contributed by atoms with van der Waals surface area (Å²) in [7, 11) is 3.57. The van der Waals surface area contributed by atoms with Crippen LogP contribution in [0.15, 0.2) is 61.6 Å². The molecule has 0 atom stereocenters. The van der Waals surface area contributed by atoms with E-state index in [1.54, 1.807) is 24.2 Å². The summed E-state index contributed by atoms with van der Waals surface area (Å²) in [6, 6.07) is 5.89. The number of nitrogens with zero attached hydrogens (tertiary/aromatic N) is 7. The Bertz CT molecular complexity index is 1310. The summed E-state index contributed by atoms with van der Waals surface area (Å²) in [5.41, 5.74) is 6.77. The normalized spacial score (nSPS) is 11.3. The minimum Gasteiger partial charge on any atom is -0.494 e. The third-order valence-corrected chi connectivity index (χ3v) is 5.03. The molecule has 0 saturated heterocycles. The van der Waals surface area contributed by atoms with Gasteiger partial charge in [0.15, 0.2) is 0 Å². The van der Waals surface area contributed by atoms with Gasteiger partial charge in [-0.1, -0.05) is 0 Å². The first-order valence-corrected chi connectivity index (χ1v) is 9.15. The molecule has 8 nitrogen and oxygen atoms in total. The van der Waals surface area contributed by atoms with E-state index < -0.39 is 0 Å². The molecule has 0 N–H and O–H groups in total. The lowest BCUT2D eigenvalue weighted by Crippen LogP contribution is -1.99. The number of rotatable bonds is 4. The Morgan fingerprint density at radius 1 is 0.931 bits per heavy atom. The largest absolute Gasteiger partial charge is 0.494 e. The van der Waals surface area contributed by atoms with Gasteiger partial charge >= 0.3 is 0 Å². The molecule has 0 saturated carbocycles. The molecule has 0 aliphatic heterocycles. The average molecular weight is 385 g/mol. The van der Waals surface area contributed by atoms with E-state index in [9.17, 15) is 0 Å². The number of aromatic nitrogens is 7. The van der Waals surface area contributed by atoms with Crippen molar-refractivity contribution in [3.05, 3.63) is 67.3 Å². The van der Waals surface area contributed by atoms with Gasteiger partial charge in [-0.25, -0.2) is 9.20 Å². The highest BCUT2D eigenvalue weighted by Crippen LogP contribution is 2.36. The van der Waals surface area contributed by atoms with Gasteiger partial charge in [0.25, 0.3) is 0 Å². The van der Waals surface area contributed by atoms with Gasteiger partial charge in [0, 0.05) is 53.6 Å². The SMILES string of the molecule is COc1cc(-c2cnn(C)c2)cn2ncc(-c3cnn(-c4cccnc4)c3C)c12. The van der Waals surface area contributed by atoms with Crippen molar-refractivity contribution >= 4 is 5.52 Å². The topological polar surface area (TPSA) is 75.1 Å².